The van der Waals surface area contributed by atoms with Crippen LogP contribution < -0.4 is 4.90 Å². The Balaban J connectivity index is 1.81. The molecular weight excluding hydrogens is 319 g/mol. The van der Waals surface area contributed by atoms with Gasteiger partial charge in [0.05, 0.1) is 0 Å². The van der Waals surface area contributed by atoms with Crippen LogP contribution in [0.15, 0.2) is 42.5 Å². The third kappa shape index (κ3) is 3.27. The molecule has 2 aromatic rings. The normalized spacial score (nSPS) is 17.8. The van der Waals surface area contributed by atoms with Crippen molar-refractivity contribution in [3.05, 3.63) is 65.0 Å². The van der Waals surface area contributed by atoms with Crippen LogP contribution in [0.2, 0.25) is 0 Å². The van der Waals surface area contributed by atoms with E-state index in [1.165, 1.54) is 28.7 Å². The van der Waals surface area contributed by atoms with Crippen LogP contribution in [0.3, 0.4) is 0 Å². The molecule has 1 fully saturated rings. The number of nitrogens with zero attached hydrogens (tertiary/aromatic N) is 2. The van der Waals surface area contributed by atoms with Crippen LogP contribution in [0.1, 0.15) is 28.4 Å². The Morgan fingerprint density at radius 2 is 1.84 bits per heavy atom. The number of benzene rings is 2. The van der Waals surface area contributed by atoms with Crippen molar-refractivity contribution < 1.29 is 14.0 Å². The molecule has 5 heteroatoms. The van der Waals surface area contributed by atoms with Gasteiger partial charge < -0.3 is 9.80 Å². The minimum atomic E-state index is -0.592. The molecule has 0 spiro atoms. The maximum absolute atomic E-state index is 13.4. The SMILES string of the molecule is Cc1ccc(N2CCN(C(=O)c3cccc(F)c3)C(C)C2=O)cc1C. The van der Waals surface area contributed by atoms with E-state index in [0.717, 1.165) is 11.3 Å². The molecule has 3 rings (SSSR count). The first-order chi connectivity index (χ1) is 11.9. The lowest BCUT2D eigenvalue weighted by atomic mass is 10.1. The Hall–Kier alpha value is -2.69. The fourth-order valence-corrected chi connectivity index (χ4v) is 3.09. The lowest BCUT2D eigenvalue weighted by Gasteiger charge is -2.39. The van der Waals surface area contributed by atoms with Crippen LogP contribution in [0.25, 0.3) is 0 Å². The second-order valence-electron chi connectivity index (χ2n) is 6.44. The Bertz CT molecular complexity index is 834. The Morgan fingerprint density at radius 1 is 1.08 bits per heavy atom. The van der Waals surface area contributed by atoms with E-state index < -0.39 is 11.9 Å². The lowest BCUT2D eigenvalue weighted by Crippen LogP contribution is -2.57. The summed E-state index contributed by atoms with van der Waals surface area (Å²) in [6, 6.07) is 10.9. The summed E-state index contributed by atoms with van der Waals surface area (Å²) in [5.41, 5.74) is 3.40. The number of anilines is 1. The van der Waals surface area contributed by atoms with Gasteiger partial charge in [0, 0.05) is 24.3 Å². The Kier molecular flexibility index (Phi) is 4.57. The van der Waals surface area contributed by atoms with Crippen LogP contribution in [0.4, 0.5) is 10.1 Å². The maximum atomic E-state index is 13.4. The van der Waals surface area contributed by atoms with E-state index in [0.29, 0.717) is 13.1 Å². The molecule has 1 heterocycles. The third-order valence-corrected chi connectivity index (χ3v) is 4.79. The first-order valence-corrected chi connectivity index (χ1v) is 8.33. The van der Waals surface area contributed by atoms with Gasteiger partial charge in [0.2, 0.25) is 5.91 Å². The molecule has 4 nitrogen and oxygen atoms in total. The standard InChI is InChI=1S/C20H21FN2O2/c1-13-7-8-18(11-14(13)2)23-10-9-22(15(3)19(23)24)20(25)16-5-4-6-17(21)12-16/h4-8,11-12,15H,9-10H2,1-3H3. The van der Waals surface area contributed by atoms with Gasteiger partial charge >= 0.3 is 0 Å². The third-order valence-electron chi connectivity index (χ3n) is 4.79. The van der Waals surface area contributed by atoms with Crippen molar-refractivity contribution in [1.82, 2.24) is 4.90 Å². The number of hydrogen-bond acceptors (Lipinski definition) is 2. The van der Waals surface area contributed by atoms with Crippen molar-refractivity contribution in [3.8, 4) is 0 Å². The highest BCUT2D eigenvalue weighted by atomic mass is 19.1. The molecule has 0 saturated carbocycles. The number of carbonyl (C=O) groups is 2. The monoisotopic (exact) mass is 340 g/mol. The van der Waals surface area contributed by atoms with Gasteiger partial charge in [-0.15, -0.1) is 0 Å². The molecule has 0 radical (unpaired) electrons. The number of piperazine rings is 1. The van der Waals surface area contributed by atoms with Crippen LogP contribution in [0, 0.1) is 19.7 Å². The summed E-state index contributed by atoms with van der Waals surface area (Å²) in [5.74, 6) is -0.905. The summed E-state index contributed by atoms with van der Waals surface area (Å²) in [7, 11) is 0. The number of halogens is 1. The van der Waals surface area contributed by atoms with Crippen molar-refractivity contribution in [2.45, 2.75) is 26.8 Å². The molecular formula is C20H21FN2O2. The smallest absolute Gasteiger partial charge is 0.254 e. The van der Waals surface area contributed by atoms with Gasteiger partial charge in [-0.25, -0.2) is 4.39 Å². The minimum absolute atomic E-state index is 0.126. The largest absolute Gasteiger partial charge is 0.325 e. The summed E-state index contributed by atoms with van der Waals surface area (Å²) in [4.78, 5) is 28.7. The summed E-state index contributed by atoms with van der Waals surface area (Å²) in [6.45, 7) is 6.59. The topological polar surface area (TPSA) is 40.6 Å². The van der Waals surface area contributed by atoms with Gasteiger partial charge in [0.25, 0.3) is 5.91 Å². The fraction of sp³-hybridized carbons (Fsp3) is 0.300. The quantitative estimate of drug-likeness (QED) is 0.841. The van der Waals surface area contributed by atoms with Crippen LogP contribution in [-0.2, 0) is 4.79 Å². The zero-order valence-corrected chi connectivity index (χ0v) is 14.6. The number of carbonyl (C=O) groups excluding carboxylic acids is 2. The first kappa shape index (κ1) is 17.1. The summed E-state index contributed by atoms with van der Waals surface area (Å²) in [6.07, 6.45) is 0. The summed E-state index contributed by atoms with van der Waals surface area (Å²) >= 11 is 0. The fourth-order valence-electron chi connectivity index (χ4n) is 3.09. The average molecular weight is 340 g/mol. The van der Waals surface area contributed by atoms with E-state index in [1.807, 2.05) is 32.0 Å². The predicted molar refractivity (Wildman–Crippen MR) is 95.2 cm³/mol. The van der Waals surface area contributed by atoms with Gasteiger partial charge in [0.15, 0.2) is 0 Å². The first-order valence-electron chi connectivity index (χ1n) is 8.33. The molecule has 1 saturated heterocycles. The highest BCUT2D eigenvalue weighted by Gasteiger charge is 2.35. The summed E-state index contributed by atoms with van der Waals surface area (Å²) < 4.78 is 13.4. The van der Waals surface area contributed by atoms with Crippen molar-refractivity contribution in [2.24, 2.45) is 0 Å². The highest BCUT2D eigenvalue weighted by molar-refractivity contribution is 6.03. The molecule has 0 aromatic heterocycles. The maximum Gasteiger partial charge on any atom is 0.254 e. The van der Waals surface area contributed by atoms with E-state index in [-0.39, 0.29) is 17.4 Å². The zero-order chi connectivity index (χ0) is 18.1. The Morgan fingerprint density at radius 3 is 2.52 bits per heavy atom. The van der Waals surface area contributed by atoms with Crippen LogP contribution in [-0.4, -0.2) is 35.8 Å². The average Bonchev–Trinajstić information content (AvgIpc) is 2.59. The molecule has 1 aliphatic rings. The van der Waals surface area contributed by atoms with Crippen molar-refractivity contribution in [2.75, 3.05) is 18.0 Å². The molecule has 130 valence electrons. The molecule has 25 heavy (non-hydrogen) atoms. The Labute approximate surface area is 146 Å². The molecule has 1 atom stereocenters. The second kappa shape index (κ2) is 6.67. The van der Waals surface area contributed by atoms with Gasteiger partial charge in [-0.2, -0.15) is 0 Å². The van der Waals surface area contributed by atoms with E-state index in [4.69, 9.17) is 0 Å². The molecule has 0 bridgehead atoms. The summed E-state index contributed by atoms with van der Waals surface area (Å²) in [5, 5.41) is 0. The van der Waals surface area contributed by atoms with Crippen molar-refractivity contribution >= 4 is 17.5 Å². The number of rotatable bonds is 2. The molecule has 1 unspecified atom stereocenters. The highest BCUT2D eigenvalue weighted by Crippen LogP contribution is 2.24. The molecule has 0 aliphatic carbocycles. The number of aryl methyl sites for hydroxylation is 2. The molecule has 2 aromatic carbocycles. The number of amides is 2. The van der Waals surface area contributed by atoms with E-state index in [2.05, 4.69) is 0 Å². The van der Waals surface area contributed by atoms with Gasteiger partial charge in [-0.1, -0.05) is 12.1 Å². The molecule has 0 N–H and O–H groups in total. The lowest BCUT2D eigenvalue weighted by molar-refractivity contribution is -0.124. The molecule has 1 aliphatic heterocycles. The van der Waals surface area contributed by atoms with Crippen molar-refractivity contribution in [1.29, 1.82) is 0 Å². The van der Waals surface area contributed by atoms with E-state index in [1.54, 1.807) is 17.9 Å². The van der Waals surface area contributed by atoms with Gasteiger partial charge in [-0.3, -0.25) is 9.59 Å². The van der Waals surface area contributed by atoms with Crippen molar-refractivity contribution in [3.63, 3.8) is 0 Å². The van der Waals surface area contributed by atoms with E-state index in [9.17, 15) is 14.0 Å². The van der Waals surface area contributed by atoms with E-state index >= 15 is 0 Å². The minimum Gasteiger partial charge on any atom is -0.325 e. The van der Waals surface area contributed by atoms with Crippen LogP contribution >= 0.6 is 0 Å². The van der Waals surface area contributed by atoms with Gasteiger partial charge in [0.1, 0.15) is 11.9 Å². The molecule has 2 amide bonds. The van der Waals surface area contributed by atoms with Gasteiger partial charge in [-0.05, 0) is 62.2 Å². The second-order valence-corrected chi connectivity index (χ2v) is 6.44. The zero-order valence-electron chi connectivity index (χ0n) is 14.6. The predicted octanol–water partition coefficient (Wildman–Crippen LogP) is 3.32. The number of hydrogen-bond donors (Lipinski definition) is 0. The van der Waals surface area contributed by atoms with Crippen LogP contribution in [0.5, 0.6) is 0 Å².